The summed E-state index contributed by atoms with van der Waals surface area (Å²) in [5.41, 5.74) is 0. The first-order valence-electron chi connectivity index (χ1n) is 5.55. The summed E-state index contributed by atoms with van der Waals surface area (Å²) in [6.07, 6.45) is 1.91. The summed E-state index contributed by atoms with van der Waals surface area (Å²) in [5.74, 6) is 1.41. The first kappa shape index (κ1) is 11.8. The average molecular weight is 255 g/mol. The summed E-state index contributed by atoms with van der Waals surface area (Å²) in [5, 5.41) is 1.59. The predicted octanol–water partition coefficient (Wildman–Crippen LogP) is 4.11. The topological polar surface area (TPSA) is 25.8 Å². The summed E-state index contributed by atoms with van der Waals surface area (Å²) >= 11 is 7.89. The Kier molecular flexibility index (Phi) is 3.45. The normalized spacial score (nSPS) is 11.6. The largest absolute Gasteiger partial charge is 0.222 e. The minimum atomic E-state index is 0.555. The van der Waals surface area contributed by atoms with Gasteiger partial charge in [-0.2, -0.15) is 0 Å². The second-order valence-corrected chi connectivity index (χ2v) is 5.79. The van der Waals surface area contributed by atoms with E-state index >= 15 is 0 Å². The molecule has 0 saturated carbocycles. The van der Waals surface area contributed by atoms with Crippen molar-refractivity contribution in [2.75, 3.05) is 0 Å². The van der Waals surface area contributed by atoms with Gasteiger partial charge in [0.15, 0.2) is 0 Å². The lowest BCUT2D eigenvalue weighted by atomic mass is 10.1. The molecule has 0 spiro atoms. The van der Waals surface area contributed by atoms with Crippen LogP contribution in [0.2, 0.25) is 5.15 Å². The van der Waals surface area contributed by atoms with Crippen LogP contribution < -0.4 is 0 Å². The number of halogens is 1. The Morgan fingerprint density at radius 1 is 1.38 bits per heavy atom. The number of hydrogen-bond acceptors (Lipinski definition) is 3. The molecule has 0 bridgehead atoms. The predicted molar refractivity (Wildman–Crippen MR) is 70.3 cm³/mol. The Labute approximate surface area is 105 Å². The molecule has 0 aliphatic heterocycles. The molecule has 0 aromatic carbocycles. The van der Waals surface area contributed by atoms with E-state index in [0.717, 1.165) is 28.9 Å². The fourth-order valence-electron chi connectivity index (χ4n) is 1.61. The molecule has 0 aliphatic carbocycles. The van der Waals surface area contributed by atoms with Crippen molar-refractivity contribution in [1.29, 1.82) is 0 Å². The van der Waals surface area contributed by atoms with Crippen LogP contribution in [0.15, 0.2) is 6.07 Å². The van der Waals surface area contributed by atoms with E-state index in [2.05, 4.69) is 36.8 Å². The fourth-order valence-corrected chi connectivity index (χ4v) is 2.89. The van der Waals surface area contributed by atoms with Crippen LogP contribution in [0.4, 0.5) is 0 Å². The molecule has 0 saturated heterocycles. The average Bonchev–Trinajstić information content (AvgIpc) is 2.60. The number of nitrogens with zero attached hydrogens (tertiary/aromatic N) is 2. The Bertz CT molecular complexity index is 505. The van der Waals surface area contributed by atoms with Crippen molar-refractivity contribution in [3.05, 3.63) is 21.9 Å². The maximum absolute atomic E-state index is 6.17. The molecule has 16 heavy (non-hydrogen) atoms. The second kappa shape index (κ2) is 4.68. The van der Waals surface area contributed by atoms with E-state index in [1.54, 1.807) is 11.3 Å². The van der Waals surface area contributed by atoms with E-state index in [4.69, 9.17) is 11.6 Å². The SMILES string of the molecule is CCc1cc2c(Cl)nc(CC(C)C)nc2s1. The molecule has 2 nitrogen and oxygen atoms in total. The number of fused-ring (bicyclic) bond motifs is 1. The number of thiophene rings is 1. The van der Waals surface area contributed by atoms with Crippen molar-refractivity contribution in [2.45, 2.75) is 33.6 Å². The summed E-state index contributed by atoms with van der Waals surface area (Å²) < 4.78 is 0. The Hall–Kier alpha value is -0.670. The molecule has 4 heteroatoms. The van der Waals surface area contributed by atoms with E-state index in [-0.39, 0.29) is 0 Å². The van der Waals surface area contributed by atoms with Gasteiger partial charge in [0, 0.05) is 16.7 Å². The second-order valence-electron chi connectivity index (χ2n) is 4.31. The van der Waals surface area contributed by atoms with Gasteiger partial charge in [0.05, 0.1) is 0 Å². The molecule has 0 atom stereocenters. The van der Waals surface area contributed by atoms with Crippen LogP contribution in [0.25, 0.3) is 10.2 Å². The first-order valence-corrected chi connectivity index (χ1v) is 6.74. The smallest absolute Gasteiger partial charge is 0.141 e. The molecule has 0 aliphatic rings. The molecule has 2 heterocycles. The van der Waals surface area contributed by atoms with Gasteiger partial charge >= 0.3 is 0 Å². The van der Waals surface area contributed by atoms with E-state index in [0.29, 0.717) is 11.1 Å². The summed E-state index contributed by atoms with van der Waals surface area (Å²) in [7, 11) is 0. The van der Waals surface area contributed by atoms with E-state index in [1.807, 2.05) is 0 Å². The number of rotatable bonds is 3. The van der Waals surface area contributed by atoms with Crippen molar-refractivity contribution in [2.24, 2.45) is 5.92 Å². The van der Waals surface area contributed by atoms with Gasteiger partial charge < -0.3 is 0 Å². The van der Waals surface area contributed by atoms with Crippen LogP contribution >= 0.6 is 22.9 Å². The van der Waals surface area contributed by atoms with Crippen molar-refractivity contribution < 1.29 is 0 Å². The van der Waals surface area contributed by atoms with Crippen LogP contribution in [0.5, 0.6) is 0 Å². The highest BCUT2D eigenvalue weighted by Crippen LogP contribution is 2.29. The van der Waals surface area contributed by atoms with Crippen molar-refractivity contribution in [3.63, 3.8) is 0 Å². The van der Waals surface area contributed by atoms with Crippen LogP contribution in [-0.2, 0) is 12.8 Å². The zero-order chi connectivity index (χ0) is 11.7. The number of aryl methyl sites for hydroxylation is 1. The van der Waals surface area contributed by atoms with Crippen LogP contribution in [-0.4, -0.2) is 9.97 Å². The molecule has 2 rings (SSSR count). The zero-order valence-corrected chi connectivity index (χ0v) is 11.3. The van der Waals surface area contributed by atoms with E-state index < -0.39 is 0 Å². The van der Waals surface area contributed by atoms with Gasteiger partial charge in [-0.25, -0.2) is 9.97 Å². The van der Waals surface area contributed by atoms with Crippen molar-refractivity contribution in [1.82, 2.24) is 9.97 Å². The minimum absolute atomic E-state index is 0.555. The first-order chi connectivity index (χ1) is 7.60. The molecule has 2 aromatic heterocycles. The highest BCUT2D eigenvalue weighted by Gasteiger charge is 2.10. The quantitative estimate of drug-likeness (QED) is 0.771. The summed E-state index contributed by atoms with van der Waals surface area (Å²) in [4.78, 5) is 11.3. The van der Waals surface area contributed by atoms with E-state index in [1.165, 1.54) is 4.88 Å². The molecule has 0 N–H and O–H groups in total. The standard InChI is InChI=1S/C12H15ClN2S/c1-4-8-6-9-11(13)14-10(5-7(2)3)15-12(9)16-8/h6-7H,4-5H2,1-3H3. The third-order valence-corrected chi connectivity index (χ3v) is 3.84. The van der Waals surface area contributed by atoms with Gasteiger partial charge in [-0.1, -0.05) is 32.4 Å². The Morgan fingerprint density at radius 3 is 2.75 bits per heavy atom. The molecule has 86 valence electrons. The Morgan fingerprint density at radius 2 is 2.12 bits per heavy atom. The van der Waals surface area contributed by atoms with Gasteiger partial charge in [-0.05, 0) is 18.4 Å². The van der Waals surface area contributed by atoms with Crippen LogP contribution in [0, 0.1) is 5.92 Å². The maximum Gasteiger partial charge on any atom is 0.141 e. The Balaban J connectivity index is 2.48. The molecule has 0 radical (unpaired) electrons. The number of aromatic nitrogens is 2. The van der Waals surface area contributed by atoms with Gasteiger partial charge in [0.1, 0.15) is 15.8 Å². The third-order valence-electron chi connectivity index (χ3n) is 2.38. The van der Waals surface area contributed by atoms with Gasteiger partial charge in [0.2, 0.25) is 0 Å². The van der Waals surface area contributed by atoms with Crippen molar-refractivity contribution in [3.8, 4) is 0 Å². The molecular weight excluding hydrogens is 240 g/mol. The highest BCUT2D eigenvalue weighted by atomic mass is 35.5. The van der Waals surface area contributed by atoms with Crippen LogP contribution in [0.3, 0.4) is 0 Å². The van der Waals surface area contributed by atoms with Crippen LogP contribution in [0.1, 0.15) is 31.5 Å². The number of hydrogen-bond donors (Lipinski definition) is 0. The third kappa shape index (κ3) is 2.36. The lowest BCUT2D eigenvalue weighted by Crippen LogP contribution is -2.00. The maximum atomic E-state index is 6.17. The van der Waals surface area contributed by atoms with E-state index in [9.17, 15) is 0 Å². The lowest BCUT2D eigenvalue weighted by molar-refractivity contribution is 0.623. The molecule has 2 aromatic rings. The molecular formula is C12H15ClN2S. The van der Waals surface area contributed by atoms with Gasteiger partial charge in [0.25, 0.3) is 0 Å². The highest BCUT2D eigenvalue weighted by molar-refractivity contribution is 7.18. The molecule has 0 unspecified atom stereocenters. The molecule has 0 amide bonds. The van der Waals surface area contributed by atoms with Gasteiger partial charge in [-0.3, -0.25) is 0 Å². The molecule has 0 fully saturated rings. The lowest BCUT2D eigenvalue weighted by Gasteiger charge is -2.03. The summed E-state index contributed by atoms with van der Waals surface area (Å²) in [6, 6.07) is 2.10. The minimum Gasteiger partial charge on any atom is -0.222 e. The monoisotopic (exact) mass is 254 g/mol. The van der Waals surface area contributed by atoms with Gasteiger partial charge in [-0.15, -0.1) is 11.3 Å². The van der Waals surface area contributed by atoms with Crippen molar-refractivity contribution >= 4 is 33.2 Å². The summed E-state index contributed by atoms with van der Waals surface area (Å²) in [6.45, 7) is 6.46. The zero-order valence-electron chi connectivity index (χ0n) is 9.75. The fraction of sp³-hybridized carbons (Fsp3) is 0.500.